The minimum absolute atomic E-state index is 0. The Kier molecular flexibility index (Phi) is 55.6. The quantitative estimate of drug-likeness (QED) is 0.00636. The molecule has 8 rings (SSSR count). The van der Waals surface area contributed by atoms with Crippen LogP contribution < -0.4 is 75.4 Å². The molecule has 644 valence electrons. The molecule has 2 unspecified atom stereocenters. The van der Waals surface area contributed by atoms with Crippen LogP contribution in [0.25, 0.3) is 18.2 Å². The van der Waals surface area contributed by atoms with E-state index in [0.717, 1.165) is 32.4 Å². The first-order chi connectivity index (χ1) is 55.0. The Bertz CT molecular complexity index is 4390. The topological polar surface area (TPSA) is 607 Å². The summed E-state index contributed by atoms with van der Waals surface area (Å²) in [5.41, 5.74) is -0.279. The smallest absolute Gasteiger partial charge is 0.870 e. The maximum absolute atomic E-state index is 12.3. The number of aliphatic hydroxyl groups is 4. The van der Waals surface area contributed by atoms with Crippen molar-refractivity contribution in [3.8, 4) is 0 Å². The number of non-ortho nitro benzene ring substituents is 1. The number of rotatable bonds is 25. The number of carboxylic acid groups (broad SMARTS) is 1. The maximum atomic E-state index is 12.3. The Hall–Kier alpha value is -9.73. The van der Waals surface area contributed by atoms with Gasteiger partial charge in [-0.05, 0) is 44.0 Å². The van der Waals surface area contributed by atoms with Crippen LogP contribution in [0.4, 0.5) is 28.4 Å². The minimum Gasteiger partial charge on any atom is -0.870 e. The number of nitro benzene ring substituents is 5. The zero-order valence-corrected chi connectivity index (χ0v) is 71.8. The molecule has 3 aliphatic heterocycles. The summed E-state index contributed by atoms with van der Waals surface area (Å²) in [6.07, 6.45) is -8.92. The van der Waals surface area contributed by atoms with Gasteiger partial charge in [-0.15, -0.1) is 0 Å². The van der Waals surface area contributed by atoms with Gasteiger partial charge in [-0.25, -0.2) is 4.79 Å². The molecule has 3 aliphatic rings. The predicted molar refractivity (Wildman–Crippen MR) is 421 cm³/mol. The zero-order chi connectivity index (χ0) is 88.8. The van der Waals surface area contributed by atoms with Gasteiger partial charge in [-0.3, -0.25) is 88.9 Å². The number of para-hydroxylation sites is 5. The summed E-state index contributed by atoms with van der Waals surface area (Å²) in [5, 5.41) is 112. The largest absolute Gasteiger partial charge is 1.00 e. The number of carboxylic acids is 1. The standard InChI is InChI=1S/C22H27NO9.C15H17NO10.C12H19BrO5.2C10H9NO4.C6H5NO2.CH4.B2.K.Li.H2O/c1-6-18-12(2)20(29-14(4)25)21(30-15(5)26)22(31-18)32-19(13(3)24)11-16-9-7-8-10-17(16)23(27)28;17-6-10-11(18)12(19)13(20)15(26-10)25-9(14(21)22)5-7-3-1-2-4-8(7)16(23)24;1-5-9-6(2)10(16-7(3)14)11(12(13)18-9)17-8(4)15;2*1-7(12)10(13)6-8-4-2-3-5-9(8)11(14)15;8-7(9)6-4-2-1-3-5-6;;1-2;;;/h7-12,18,20-22H,6H2,1-5H3;1-5,10-13,15,17-20H,6H2,(H,21,22);6,9-12H,5H2,1-4H3;2-5H,6H2,1H3;2-6,13H,1H3;1-5H;1H4;;;;1H2/q;;;;;;;;2*+1;/p-2/b19-11-;9-5-;;;10-6-;;;;;;/t12?,18-,20+,21-,22+;10-,11?,12+,13-,15-;6-,9-,10+,11-,12+;;;;;;;;/m111......../s1. The molecule has 15 atom stereocenters. The SMILES string of the molecule is C.CC(=O)/C([O-])=C/c1ccccc1[N+](=O)[O-].CC(=O)C(=O)Cc1ccccc1[N+](=O)[O-].CC[C@H]1O[C@@H](O/C(=C\c2ccccc2[N+](=O)[O-])C(C)=O)[C@H](OC(C)=O)[C@@H](OC(C)=O)C1C.CC[C@H]1O[C@H](Br)[C@H](OC(C)=O)[C@@H](OC(C)=O)[C@@H]1C.O=C(O)/C(=C/c1ccccc1[N+](=O)[O-])O[C@@H]1O[C@H](CO)C(O)[C@H](O)[C@H]1O.O=[N+]([O-])c1ccccc1.[B][B].[K+].[Li+].[OH-]. The number of ketones is 4. The fourth-order valence-corrected chi connectivity index (χ4v) is 11.5. The van der Waals surface area contributed by atoms with Crippen LogP contribution in [0.2, 0.25) is 0 Å². The Morgan fingerprint density at radius 2 is 0.818 bits per heavy atom. The van der Waals surface area contributed by atoms with Gasteiger partial charge in [-0.2, -0.15) is 0 Å². The van der Waals surface area contributed by atoms with Crippen LogP contribution in [-0.2, 0) is 92.2 Å². The van der Waals surface area contributed by atoms with E-state index < -0.39 is 162 Å². The van der Waals surface area contributed by atoms with E-state index in [2.05, 4.69) is 31.4 Å². The van der Waals surface area contributed by atoms with Gasteiger partial charge in [0.15, 0.2) is 28.4 Å². The third-order valence-electron chi connectivity index (χ3n) is 16.4. The third-order valence-corrected chi connectivity index (χ3v) is 17.1. The van der Waals surface area contributed by atoms with Crippen molar-refractivity contribution < 1.29 is 217 Å². The van der Waals surface area contributed by atoms with Crippen LogP contribution in [0.1, 0.15) is 119 Å². The predicted octanol–water partition coefficient (Wildman–Crippen LogP) is 1.51. The molecule has 0 spiro atoms. The van der Waals surface area contributed by atoms with Crippen molar-refractivity contribution >= 4 is 131 Å². The van der Waals surface area contributed by atoms with E-state index in [1.54, 1.807) is 43.3 Å². The van der Waals surface area contributed by atoms with Crippen LogP contribution in [0.5, 0.6) is 0 Å². The molecule has 45 heteroatoms. The number of Topliss-reactive ketones (excluding diaryl/α,β-unsaturated/α-hetero) is 4. The van der Waals surface area contributed by atoms with E-state index >= 15 is 0 Å². The summed E-state index contributed by atoms with van der Waals surface area (Å²) in [6, 6.07) is 30.7. The molecule has 0 aromatic heterocycles. The Balaban J connectivity index is -0.00000142. The van der Waals surface area contributed by atoms with E-state index in [0.29, 0.717) is 6.42 Å². The second kappa shape index (κ2) is 58.3. The number of hydrogen-bond donors (Lipinski definition) is 5. The number of carbonyl (C=O) groups is 9. The van der Waals surface area contributed by atoms with Gasteiger partial charge >= 0.3 is 100 Å². The number of halogens is 1. The second-order valence-corrected chi connectivity index (χ2v) is 25.8. The van der Waals surface area contributed by atoms with Crippen molar-refractivity contribution in [1.82, 2.24) is 0 Å². The summed E-state index contributed by atoms with van der Waals surface area (Å²) >= 11 is 3.33. The summed E-state index contributed by atoms with van der Waals surface area (Å²) in [7, 11) is 8.00. The molecule has 40 nitrogen and oxygen atoms in total. The average Bonchev–Trinajstić information content (AvgIpc) is 0.772. The maximum Gasteiger partial charge on any atom is 1.00 e. The van der Waals surface area contributed by atoms with Gasteiger partial charge in [0.1, 0.15) is 42.4 Å². The van der Waals surface area contributed by atoms with Gasteiger partial charge in [-0.1, -0.05) is 136 Å². The number of ether oxygens (including phenoxy) is 9. The third kappa shape index (κ3) is 38.1. The van der Waals surface area contributed by atoms with E-state index in [9.17, 15) is 119 Å². The molecule has 4 radical (unpaired) electrons. The van der Waals surface area contributed by atoms with E-state index in [1.807, 2.05) is 20.8 Å². The van der Waals surface area contributed by atoms with Crippen molar-refractivity contribution in [1.29, 1.82) is 0 Å². The average molecular weight is 1780 g/mol. The number of aliphatic hydroxyl groups excluding tert-OH is 4. The number of nitro groups is 5. The molecule has 3 saturated heterocycles. The van der Waals surface area contributed by atoms with Crippen LogP contribution in [0.3, 0.4) is 0 Å². The van der Waals surface area contributed by atoms with Gasteiger partial charge in [0.05, 0.1) is 60.1 Å². The van der Waals surface area contributed by atoms with Crippen LogP contribution in [0.15, 0.2) is 145 Å². The molecule has 5 aromatic carbocycles. The molecule has 6 N–H and O–H groups in total. The fraction of sp³-hybridized carbons (Fsp3) is 0.408. The number of benzene rings is 5. The first-order valence-electron chi connectivity index (χ1n) is 34.9. The normalized spacial score (nSPS) is 21.7. The summed E-state index contributed by atoms with van der Waals surface area (Å²) in [6.45, 7) is 15.5. The number of esters is 4. The molecule has 5 aromatic rings. The van der Waals surface area contributed by atoms with Crippen molar-refractivity contribution in [3.05, 3.63) is 217 Å². The Morgan fingerprint density at radius 3 is 1.19 bits per heavy atom. The molecule has 121 heavy (non-hydrogen) atoms. The molecule has 0 aliphatic carbocycles. The van der Waals surface area contributed by atoms with Crippen molar-refractivity contribution in [2.24, 2.45) is 11.8 Å². The number of carbonyl (C=O) groups excluding carboxylic acids is 8. The summed E-state index contributed by atoms with van der Waals surface area (Å²) in [5.74, 6) is -8.16. The Morgan fingerprint density at radius 1 is 0.463 bits per heavy atom. The molecular formula is C76H90B2BrKLiN5O35. The number of allylic oxidation sites excluding steroid dienone is 2. The first kappa shape index (κ1) is 115. The molecule has 0 bridgehead atoms. The zero-order valence-electron chi connectivity index (χ0n) is 67.1. The minimum atomic E-state index is -1.82. The van der Waals surface area contributed by atoms with Gasteiger partial charge in [0.2, 0.25) is 30.2 Å². The van der Waals surface area contributed by atoms with Crippen LogP contribution in [-0.4, -0.2) is 209 Å². The molecule has 0 amide bonds. The number of hydrogen-bond acceptors (Lipinski definition) is 34. The van der Waals surface area contributed by atoms with Crippen LogP contribution in [0, 0.1) is 62.4 Å². The molecular weight excluding hydrogens is 1690 g/mol. The van der Waals surface area contributed by atoms with Gasteiger partial charge in [0, 0.05) is 123 Å². The Labute approximate surface area is 759 Å². The first-order valence-corrected chi connectivity index (χ1v) is 35.8. The molecule has 3 fully saturated rings. The molecule has 0 saturated carbocycles. The van der Waals surface area contributed by atoms with Crippen molar-refractivity contribution in [2.45, 2.75) is 181 Å². The van der Waals surface area contributed by atoms with Crippen LogP contribution >= 0.6 is 15.9 Å². The van der Waals surface area contributed by atoms with E-state index in [1.165, 1.54) is 132 Å². The second-order valence-electron chi connectivity index (χ2n) is 24.9. The summed E-state index contributed by atoms with van der Waals surface area (Å²) in [4.78, 5) is 153. The monoisotopic (exact) mass is 1780 g/mol. The fourth-order valence-electron chi connectivity index (χ4n) is 10.8. The number of aliphatic carboxylic acids is 1. The summed E-state index contributed by atoms with van der Waals surface area (Å²) < 4.78 is 48.8. The molecule has 3 heterocycles. The van der Waals surface area contributed by atoms with Gasteiger partial charge in [0.25, 0.3) is 28.4 Å². The van der Waals surface area contributed by atoms with E-state index in [4.69, 9.17) is 47.7 Å². The van der Waals surface area contributed by atoms with E-state index in [-0.39, 0.29) is 170 Å². The number of alkyl halides is 1. The van der Waals surface area contributed by atoms with Crippen molar-refractivity contribution in [2.75, 3.05) is 6.61 Å². The van der Waals surface area contributed by atoms with Gasteiger partial charge < -0.3 is 78.7 Å². The van der Waals surface area contributed by atoms with Crippen molar-refractivity contribution in [3.63, 3.8) is 0 Å². The number of nitrogens with zero attached hydrogens (tertiary/aromatic N) is 5.